The molecule has 0 saturated carbocycles. The molecule has 0 aliphatic carbocycles. The Hall–Kier alpha value is -3.79. The first kappa shape index (κ1) is 21.4. The van der Waals surface area contributed by atoms with Crippen molar-refractivity contribution in [3.63, 3.8) is 0 Å². The van der Waals surface area contributed by atoms with Crippen LogP contribution in [0.2, 0.25) is 0 Å². The van der Waals surface area contributed by atoms with Crippen LogP contribution in [0.25, 0.3) is 11.5 Å². The topological polar surface area (TPSA) is 82.6 Å². The van der Waals surface area contributed by atoms with E-state index in [1.54, 1.807) is 0 Å². The number of nitriles is 1. The van der Waals surface area contributed by atoms with Gasteiger partial charge < -0.3 is 19.0 Å². The number of carbonyl (C=O) groups is 1. The van der Waals surface area contributed by atoms with Crippen LogP contribution in [-0.4, -0.2) is 48.6 Å². The van der Waals surface area contributed by atoms with E-state index in [0.717, 1.165) is 23.3 Å². The van der Waals surface area contributed by atoms with Crippen molar-refractivity contribution in [3.8, 4) is 23.3 Å². The SMILES string of the molecule is CCCOc1ccc(-c2nc(C#N)c(N3CCN(C(=O)c4cccc(C)c4)CC3)o2)cc1. The average Bonchev–Trinajstić information content (AvgIpc) is 3.27. The highest BCUT2D eigenvalue weighted by atomic mass is 16.5. The maximum atomic E-state index is 12.8. The zero-order chi connectivity index (χ0) is 22.5. The second kappa shape index (κ2) is 9.56. The summed E-state index contributed by atoms with van der Waals surface area (Å²) in [7, 11) is 0. The number of oxazole rings is 1. The molecule has 3 aromatic rings. The maximum Gasteiger partial charge on any atom is 0.253 e. The van der Waals surface area contributed by atoms with Crippen molar-refractivity contribution in [2.24, 2.45) is 0 Å². The molecule has 32 heavy (non-hydrogen) atoms. The lowest BCUT2D eigenvalue weighted by molar-refractivity contribution is 0.0745. The minimum absolute atomic E-state index is 0.0255. The predicted octanol–water partition coefficient (Wildman–Crippen LogP) is 4.27. The predicted molar refractivity (Wildman–Crippen MR) is 122 cm³/mol. The highest BCUT2D eigenvalue weighted by Gasteiger charge is 2.27. The van der Waals surface area contributed by atoms with Gasteiger partial charge in [0.25, 0.3) is 5.91 Å². The van der Waals surface area contributed by atoms with Crippen molar-refractivity contribution in [2.75, 3.05) is 37.7 Å². The molecule has 1 saturated heterocycles. The van der Waals surface area contributed by atoms with Crippen molar-refractivity contribution in [1.29, 1.82) is 5.26 Å². The zero-order valence-corrected chi connectivity index (χ0v) is 18.4. The van der Waals surface area contributed by atoms with Gasteiger partial charge in [0.15, 0.2) is 0 Å². The van der Waals surface area contributed by atoms with Crippen molar-refractivity contribution in [2.45, 2.75) is 20.3 Å². The smallest absolute Gasteiger partial charge is 0.253 e. The lowest BCUT2D eigenvalue weighted by Crippen LogP contribution is -2.48. The lowest BCUT2D eigenvalue weighted by atomic mass is 10.1. The Morgan fingerprint density at radius 3 is 2.56 bits per heavy atom. The normalized spacial score (nSPS) is 13.7. The summed E-state index contributed by atoms with van der Waals surface area (Å²) in [5.41, 5.74) is 2.80. The number of aryl methyl sites for hydroxylation is 1. The molecule has 1 amide bonds. The number of carbonyl (C=O) groups excluding carboxylic acids is 1. The molecule has 2 heterocycles. The number of rotatable bonds is 6. The van der Waals surface area contributed by atoms with Crippen LogP contribution in [0.4, 0.5) is 5.88 Å². The van der Waals surface area contributed by atoms with Crippen LogP contribution >= 0.6 is 0 Å². The highest BCUT2D eigenvalue weighted by Crippen LogP contribution is 2.30. The Labute approximate surface area is 187 Å². The van der Waals surface area contributed by atoms with Gasteiger partial charge in [-0.3, -0.25) is 4.79 Å². The number of hydrogen-bond acceptors (Lipinski definition) is 6. The summed E-state index contributed by atoms with van der Waals surface area (Å²) < 4.78 is 11.6. The molecule has 0 N–H and O–H groups in total. The Balaban J connectivity index is 1.45. The zero-order valence-electron chi connectivity index (χ0n) is 18.4. The molecule has 1 aliphatic rings. The van der Waals surface area contributed by atoms with Crippen molar-refractivity contribution in [1.82, 2.24) is 9.88 Å². The molecule has 164 valence electrons. The number of amides is 1. The molecule has 1 aliphatic heterocycles. The van der Waals surface area contributed by atoms with Gasteiger partial charge in [0.05, 0.1) is 6.61 Å². The van der Waals surface area contributed by atoms with Crippen LogP contribution in [-0.2, 0) is 0 Å². The number of hydrogen-bond donors (Lipinski definition) is 0. The van der Waals surface area contributed by atoms with Crippen LogP contribution in [0.15, 0.2) is 52.9 Å². The van der Waals surface area contributed by atoms with E-state index in [1.807, 2.05) is 65.3 Å². The number of benzene rings is 2. The first-order valence-corrected chi connectivity index (χ1v) is 10.8. The molecule has 0 radical (unpaired) electrons. The van der Waals surface area contributed by atoms with Gasteiger partial charge in [0, 0.05) is 37.3 Å². The molecular formula is C25H26N4O3. The molecule has 7 heteroatoms. The molecule has 0 unspecified atom stereocenters. The third-order valence-electron chi connectivity index (χ3n) is 5.41. The van der Waals surface area contributed by atoms with E-state index in [0.29, 0.717) is 50.1 Å². The van der Waals surface area contributed by atoms with Gasteiger partial charge in [0.2, 0.25) is 17.5 Å². The van der Waals surface area contributed by atoms with E-state index in [4.69, 9.17) is 9.15 Å². The largest absolute Gasteiger partial charge is 0.494 e. The van der Waals surface area contributed by atoms with E-state index in [1.165, 1.54) is 0 Å². The van der Waals surface area contributed by atoms with Gasteiger partial charge in [0.1, 0.15) is 11.8 Å². The molecule has 4 rings (SSSR count). The van der Waals surface area contributed by atoms with Crippen molar-refractivity contribution < 1.29 is 13.9 Å². The fraction of sp³-hybridized carbons (Fsp3) is 0.320. The standard InChI is InChI=1S/C25H26N4O3/c1-3-15-31-21-9-7-19(8-10-21)23-27-22(17-26)25(32-23)29-13-11-28(12-14-29)24(30)20-6-4-5-18(2)16-20/h4-10,16H,3,11-15H2,1-2H3. The summed E-state index contributed by atoms with van der Waals surface area (Å²) in [6.07, 6.45) is 0.945. The van der Waals surface area contributed by atoms with Gasteiger partial charge >= 0.3 is 0 Å². The summed E-state index contributed by atoms with van der Waals surface area (Å²) in [6, 6.07) is 17.3. The Morgan fingerprint density at radius 2 is 1.91 bits per heavy atom. The molecule has 1 aromatic heterocycles. The molecule has 1 fully saturated rings. The minimum Gasteiger partial charge on any atom is -0.494 e. The molecular weight excluding hydrogens is 404 g/mol. The number of anilines is 1. The molecule has 0 bridgehead atoms. The van der Waals surface area contributed by atoms with Gasteiger partial charge in [-0.2, -0.15) is 10.2 Å². The maximum absolute atomic E-state index is 12.8. The summed E-state index contributed by atoms with van der Waals surface area (Å²) in [5.74, 6) is 1.67. The number of ether oxygens (including phenoxy) is 1. The fourth-order valence-electron chi connectivity index (χ4n) is 3.71. The van der Waals surface area contributed by atoms with Gasteiger partial charge in [-0.05, 0) is 49.7 Å². The first-order chi connectivity index (χ1) is 15.6. The number of nitrogens with zero attached hydrogens (tertiary/aromatic N) is 4. The third-order valence-corrected chi connectivity index (χ3v) is 5.41. The second-order valence-electron chi connectivity index (χ2n) is 7.81. The second-order valence-corrected chi connectivity index (χ2v) is 7.81. The fourth-order valence-corrected chi connectivity index (χ4v) is 3.71. The van der Waals surface area contributed by atoms with Crippen molar-refractivity contribution >= 4 is 11.8 Å². The van der Waals surface area contributed by atoms with Gasteiger partial charge in [-0.25, -0.2) is 0 Å². The molecule has 0 atom stereocenters. The number of piperazine rings is 1. The third kappa shape index (κ3) is 4.59. The minimum atomic E-state index is 0.0255. The first-order valence-electron chi connectivity index (χ1n) is 10.8. The van der Waals surface area contributed by atoms with E-state index in [-0.39, 0.29) is 11.6 Å². The van der Waals surface area contributed by atoms with E-state index in [2.05, 4.69) is 18.0 Å². The lowest BCUT2D eigenvalue weighted by Gasteiger charge is -2.34. The quantitative estimate of drug-likeness (QED) is 0.581. The van der Waals surface area contributed by atoms with E-state index >= 15 is 0 Å². The molecule has 2 aromatic carbocycles. The number of aromatic nitrogens is 1. The summed E-state index contributed by atoms with van der Waals surface area (Å²) in [5, 5.41) is 9.58. The Bertz CT molecular complexity index is 1120. The summed E-state index contributed by atoms with van der Waals surface area (Å²) in [4.78, 5) is 21.0. The van der Waals surface area contributed by atoms with E-state index in [9.17, 15) is 10.1 Å². The van der Waals surface area contributed by atoms with E-state index < -0.39 is 0 Å². The van der Waals surface area contributed by atoms with Crippen LogP contribution in [0.1, 0.15) is 35.0 Å². The summed E-state index contributed by atoms with van der Waals surface area (Å²) >= 11 is 0. The molecule has 0 spiro atoms. The van der Waals surface area contributed by atoms with Crippen molar-refractivity contribution in [3.05, 3.63) is 65.4 Å². The van der Waals surface area contributed by atoms with Gasteiger partial charge in [-0.15, -0.1) is 0 Å². The Morgan fingerprint density at radius 1 is 1.16 bits per heavy atom. The Kier molecular flexibility index (Phi) is 6.41. The van der Waals surface area contributed by atoms with Gasteiger partial charge in [-0.1, -0.05) is 24.6 Å². The van der Waals surface area contributed by atoms with Crippen LogP contribution in [0, 0.1) is 18.3 Å². The van der Waals surface area contributed by atoms with Crippen LogP contribution < -0.4 is 9.64 Å². The summed E-state index contributed by atoms with van der Waals surface area (Å²) in [6.45, 7) is 6.96. The van der Waals surface area contributed by atoms with Crippen LogP contribution in [0.5, 0.6) is 5.75 Å². The van der Waals surface area contributed by atoms with Crippen LogP contribution in [0.3, 0.4) is 0 Å². The average molecular weight is 431 g/mol. The highest BCUT2D eigenvalue weighted by molar-refractivity contribution is 5.94. The molecule has 7 nitrogen and oxygen atoms in total. The monoisotopic (exact) mass is 430 g/mol.